The minimum atomic E-state index is -0.126. The standard InChI is InChI=1S/C16H25NO2/c1-2-17(12-15-8-7-11-19-15)13-16(14-18)9-5-3-4-6-10-16/h7-8,11,14H,2-6,9-10,12-13H2,1H3. The first kappa shape index (κ1) is 14.3. The Morgan fingerprint density at radius 1 is 1.32 bits per heavy atom. The number of hydrogen-bond acceptors (Lipinski definition) is 3. The zero-order valence-electron chi connectivity index (χ0n) is 11.9. The predicted octanol–water partition coefficient (Wildman–Crippen LogP) is 3.64. The van der Waals surface area contributed by atoms with Crippen molar-refractivity contribution in [2.24, 2.45) is 5.41 Å². The summed E-state index contributed by atoms with van der Waals surface area (Å²) in [7, 11) is 0. The summed E-state index contributed by atoms with van der Waals surface area (Å²) in [4.78, 5) is 14.0. The van der Waals surface area contributed by atoms with Crippen molar-refractivity contribution in [2.75, 3.05) is 13.1 Å². The van der Waals surface area contributed by atoms with Gasteiger partial charge in [0, 0.05) is 12.0 Å². The molecule has 1 aromatic heterocycles. The Kier molecular flexibility index (Phi) is 5.20. The largest absolute Gasteiger partial charge is 0.468 e. The van der Waals surface area contributed by atoms with Crippen molar-refractivity contribution in [3.05, 3.63) is 24.2 Å². The molecule has 3 nitrogen and oxygen atoms in total. The van der Waals surface area contributed by atoms with E-state index >= 15 is 0 Å². The van der Waals surface area contributed by atoms with Crippen LogP contribution in [-0.2, 0) is 11.3 Å². The first-order valence-electron chi connectivity index (χ1n) is 7.49. The normalized spacial score (nSPS) is 19.3. The molecule has 1 heterocycles. The molecule has 0 unspecified atom stereocenters. The molecular weight excluding hydrogens is 238 g/mol. The Hall–Kier alpha value is -1.09. The van der Waals surface area contributed by atoms with Gasteiger partial charge in [0.15, 0.2) is 0 Å². The Morgan fingerprint density at radius 2 is 2.05 bits per heavy atom. The van der Waals surface area contributed by atoms with Crippen molar-refractivity contribution in [1.82, 2.24) is 4.90 Å². The van der Waals surface area contributed by atoms with Gasteiger partial charge in [-0.2, -0.15) is 0 Å². The van der Waals surface area contributed by atoms with Gasteiger partial charge in [-0.25, -0.2) is 0 Å². The lowest BCUT2D eigenvalue weighted by molar-refractivity contribution is -0.118. The summed E-state index contributed by atoms with van der Waals surface area (Å²) in [5.41, 5.74) is -0.126. The summed E-state index contributed by atoms with van der Waals surface area (Å²) < 4.78 is 5.42. The maximum absolute atomic E-state index is 11.6. The summed E-state index contributed by atoms with van der Waals surface area (Å²) in [5, 5.41) is 0. The van der Waals surface area contributed by atoms with E-state index in [9.17, 15) is 4.79 Å². The van der Waals surface area contributed by atoms with Gasteiger partial charge in [0.25, 0.3) is 0 Å². The molecule has 0 N–H and O–H groups in total. The van der Waals surface area contributed by atoms with E-state index in [1.165, 1.54) is 32.0 Å². The van der Waals surface area contributed by atoms with Gasteiger partial charge >= 0.3 is 0 Å². The molecule has 0 aromatic carbocycles. The number of nitrogens with zero attached hydrogens (tertiary/aromatic N) is 1. The topological polar surface area (TPSA) is 33.5 Å². The maximum Gasteiger partial charge on any atom is 0.127 e. The van der Waals surface area contributed by atoms with E-state index in [0.29, 0.717) is 0 Å². The van der Waals surface area contributed by atoms with E-state index in [0.717, 1.165) is 38.2 Å². The molecule has 0 aliphatic heterocycles. The first-order valence-corrected chi connectivity index (χ1v) is 7.49. The molecule has 0 saturated heterocycles. The summed E-state index contributed by atoms with van der Waals surface area (Å²) in [6, 6.07) is 3.92. The zero-order chi connectivity index (χ0) is 13.6. The van der Waals surface area contributed by atoms with Crippen LogP contribution in [0, 0.1) is 5.41 Å². The van der Waals surface area contributed by atoms with Gasteiger partial charge in [-0.15, -0.1) is 0 Å². The molecule has 0 bridgehead atoms. The molecule has 2 rings (SSSR count). The fourth-order valence-electron chi connectivity index (χ4n) is 3.09. The van der Waals surface area contributed by atoms with Crippen LogP contribution in [0.15, 0.2) is 22.8 Å². The van der Waals surface area contributed by atoms with Crippen LogP contribution in [0.25, 0.3) is 0 Å². The van der Waals surface area contributed by atoms with Crippen LogP contribution in [0.4, 0.5) is 0 Å². The Morgan fingerprint density at radius 3 is 2.58 bits per heavy atom. The van der Waals surface area contributed by atoms with Gasteiger partial charge in [-0.05, 0) is 31.5 Å². The smallest absolute Gasteiger partial charge is 0.127 e. The van der Waals surface area contributed by atoms with Gasteiger partial charge in [0.1, 0.15) is 12.0 Å². The average Bonchev–Trinajstić information content (AvgIpc) is 2.83. The van der Waals surface area contributed by atoms with Crippen LogP contribution >= 0.6 is 0 Å². The second-order valence-corrected chi connectivity index (χ2v) is 5.78. The van der Waals surface area contributed by atoms with Crippen LogP contribution in [0.1, 0.15) is 51.2 Å². The highest BCUT2D eigenvalue weighted by Gasteiger charge is 2.32. The van der Waals surface area contributed by atoms with Gasteiger partial charge in [-0.1, -0.05) is 32.6 Å². The first-order chi connectivity index (χ1) is 9.28. The minimum absolute atomic E-state index is 0.126. The number of aldehydes is 1. The third kappa shape index (κ3) is 3.93. The molecule has 0 atom stereocenters. The molecule has 19 heavy (non-hydrogen) atoms. The monoisotopic (exact) mass is 263 g/mol. The molecule has 1 aromatic rings. The lowest BCUT2D eigenvalue weighted by Gasteiger charge is -2.32. The summed E-state index contributed by atoms with van der Waals surface area (Å²) >= 11 is 0. The maximum atomic E-state index is 11.6. The van der Waals surface area contributed by atoms with Crippen molar-refractivity contribution in [1.29, 1.82) is 0 Å². The van der Waals surface area contributed by atoms with Crippen molar-refractivity contribution < 1.29 is 9.21 Å². The van der Waals surface area contributed by atoms with E-state index < -0.39 is 0 Å². The van der Waals surface area contributed by atoms with E-state index in [-0.39, 0.29) is 5.41 Å². The highest BCUT2D eigenvalue weighted by Crippen LogP contribution is 2.34. The van der Waals surface area contributed by atoms with Crippen LogP contribution in [0.3, 0.4) is 0 Å². The Bertz CT molecular complexity index is 364. The molecule has 3 heteroatoms. The third-order valence-corrected chi connectivity index (χ3v) is 4.29. The highest BCUT2D eigenvalue weighted by atomic mass is 16.3. The molecular formula is C16H25NO2. The summed E-state index contributed by atoms with van der Waals surface area (Å²) in [5.74, 6) is 0.983. The van der Waals surface area contributed by atoms with Crippen molar-refractivity contribution in [3.63, 3.8) is 0 Å². The van der Waals surface area contributed by atoms with Gasteiger partial charge in [0.2, 0.25) is 0 Å². The lowest BCUT2D eigenvalue weighted by atomic mass is 9.81. The van der Waals surface area contributed by atoms with Gasteiger partial charge in [0.05, 0.1) is 12.8 Å². The average molecular weight is 263 g/mol. The number of hydrogen-bond donors (Lipinski definition) is 0. The van der Waals surface area contributed by atoms with Crippen molar-refractivity contribution >= 4 is 6.29 Å². The fraction of sp³-hybridized carbons (Fsp3) is 0.688. The SMILES string of the molecule is CCN(Cc1ccco1)CC1(C=O)CCCCCC1. The van der Waals surface area contributed by atoms with E-state index in [1.54, 1.807) is 6.26 Å². The van der Waals surface area contributed by atoms with Crippen molar-refractivity contribution in [3.8, 4) is 0 Å². The Balaban J connectivity index is 1.99. The minimum Gasteiger partial charge on any atom is -0.468 e. The predicted molar refractivity (Wildman–Crippen MR) is 75.9 cm³/mol. The molecule has 106 valence electrons. The van der Waals surface area contributed by atoms with Crippen LogP contribution < -0.4 is 0 Å². The highest BCUT2D eigenvalue weighted by molar-refractivity contribution is 5.59. The Labute approximate surface area is 116 Å². The van der Waals surface area contributed by atoms with Crippen LogP contribution in [0.5, 0.6) is 0 Å². The number of carbonyl (C=O) groups is 1. The molecule has 0 spiro atoms. The van der Waals surface area contributed by atoms with Gasteiger partial charge < -0.3 is 9.21 Å². The van der Waals surface area contributed by atoms with E-state index in [2.05, 4.69) is 11.8 Å². The fourth-order valence-corrected chi connectivity index (χ4v) is 3.09. The number of carbonyl (C=O) groups excluding carboxylic acids is 1. The number of rotatable bonds is 6. The van der Waals surface area contributed by atoms with E-state index in [4.69, 9.17) is 4.42 Å². The molecule has 0 radical (unpaired) electrons. The van der Waals surface area contributed by atoms with Crippen LogP contribution in [0.2, 0.25) is 0 Å². The van der Waals surface area contributed by atoms with Gasteiger partial charge in [-0.3, -0.25) is 4.90 Å². The molecule has 0 amide bonds. The van der Waals surface area contributed by atoms with Crippen molar-refractivity contribution in [2.45, 2.75) is 52.0 Å². The molecule has 1 saturated carbocycles. The second kappa shape index (κ2) is 6.90. The third-order valence-electron chi connectivity index (χ3n) is 4.29. The molecule has 1 fully saturated rings. The van der Waals surface area contributed by atoms with Crippen LogP contribution in [-0.4, -0.2) is 24.3 Å². The summed E-state index contributed by atoms with van der Waals surface area (Å²) in [6.07, 6.45) is 9.97. The summed E-state index contributed by atoms with van der Waals surface area (Å²) in [6.45, 7) is 4.78. The zero-order valence-corrected chi connectivity index (χ0v) is 11.9. The molecule has 1 aliphatic carbocycles. The van der Waals surface area contributed by atoms with E-state index in [1.807, 2.05) is 12.1 Å². The molecule has 1 aliphatic rings. The second-order valence-electron chi connectivity index (χ2n) is 5.78. The number of furan rings is 1. The lowest BCUT2D eigenvalue weighted by Crippen LogP contribution is -2.38. The quantitative estimate of drug-likeness (QED) is 0.580.